The van der Waals surface area contributed by atoms with Gasteiger partial charge in [0.1, 0.15) is 5.78 Å². The molecular formula is C11H13NO. The van der Waals surface area contributed by atoms with Crippen LogP contribution >= 0.6 is 0 Å². The number of hydrogen-bond donors (Lipinski definition) is 1. The molecule has 0 aliphatic rings. The highest BCUT2D eigenvalue weighted by Gasteiger charge is 2.05. The standard InChI is InChI=1S/C11H13NO/c1-8-5-3-4-6-10(8)11(12)7-9(2)13/h3-6,12H,7H2,1-2H3. The molecular weight excluding hydrogens is 162 g/mol. The van der Waals surface area contributed by atoms with Crippen molar-refractivity contribution in [3.8, 4) is 0 Å². The predicted molar refractivity (Wildman–Crippen MR) is 53.3 cm³/mol. The van der Waals surface area contributed by atoms with E-state index in [9.17, 15) is 4.79 Å². The van der Waals surface area contributed by atoms with Gasteiger partial charge in [-0.2, -0.15) is 0 Å². The van der Waals surface area contributed by atoms with E-state index in [2.05, 4.69) is 0 Å². The van der Waals surface area contributed by atoms with Gasteiger partial charge in [-0.05, 0) is 25.0 Å². The number of nitrogens with one attached hydrogen (secondary N) is 1. The number of benzene rings is 1. The van der Waals surface area contributed by atoms with Crippen LogP contribution in [0.15, 0.2) is 24.3 Å². The summed E-state index contributed by atoms with van der Waals surface area (Å²) in [7, 11) is 0. The van der Waals surface area contributed by atoms with Crippen molar-refractivity contribution >= 4 is 11.5 Å². The summed E-state index contributed by atoms with van der Waals surface area (Å²) < 4.78 is 0. The van der Waals surface area contributed by atoms with Crippen LogP contribution in [0, 0.1) is 12.3 Å². The molecule has 1 N–H and O–H groups in total. The summed E-state index contributed by atoms with van der Waals surface area (Å²) in [5, 5.41) is 7.68. The lowest BCUT2D eigenvalue weighted by atomic mass is 10.0. The Balaban J connectivity index is 2.89. The molecule has 0 unspecified atom stereocenters. The Morgan fingerprint density at radius 2 is 2.00 bits per heavy atom. The van der Waals surface area contributed by atoms with Crippen molar-refractivity contribution in [3.63, 3.8) is 0 Å². The minimum absolute atomic E-state index is 0.0354. The van der Waals surface area contributed by atoms with Gasteiger partial charge in [0.2, 0.25) is 0 Å². The van der Waals surface area contributed by atoms with Gasteiger partial charge in [-0.15, -0.1) is 0 Å². The molecule has 0 amide bonds. The fraction of sp³-hybridized carbons (Fsp3) is 0.273. The second-order valence-electron chi connectivity index (χ2n) is 3.17. The molecule has 0 heterocycles. The molecule has 0 atom stereocenters. The summed E-state index contributed by atoms with van der Waals surface area (Å²) in [6.45, 7) is 3.46. The maximum atomic E-state index is 10.8. The van der Waals surface area contributed by atoms with Crippen LogP contribution in [0.2, 0.25) is 0 Å². The Morgan fingerprint density at radius 1 is 1.38 bits per heavy atom. The number of aryl methyl sites for hydroxylation is 1. The fourth-order valence-corrected chi connectivity index (χ4v) is 1.26. The summed E-state index contributed by atoms with van der Waals surface area (Å²) in [5.41, 5.74) is 2.33. The second kappa shape index (κ2) is 3.99. The average Bonchev–Trinajstić information content (AvgIpc) is 2.03. The minimum atomic E-state index is 0.0354. The van der Waals surface area contributed by atoms with E-state index in [1.165, 1.54) is 6.92 Å². The molecule has 68 valence electrons. The molecule has 0 radical (unpaired) electrons. The zero-order valence-electron chi connectivity index (χ0n) is 7.92. The monoisotopic (exact) mass is 175 g/mol. The number of carbonyl (C=O) groups is 1. The molecule has 0 aliphatic carbocycles. The van der Waals surface area contributed by atoms with Crippen molar-refractivity contribution in [2.45, 2.75) is 20.3 Å². The number of ketones is 1. The topological polar surface area (TPSA) is 40.9 Å². The maximum absolute atomic E-state index is 10.8. The first-order valence-electron chi connectivity index (χ1n) is 4.24. The highest BCUT2D eigenvalue weighted by atomic mass is 16.1. The van der Waals surface area contributed by atoms with Crippen LogP contribution in [0.5, 0.6) is 0 Å². The number of carbonyl (C=O) groups excluding carboxylic acids is 1. The van der Waals surface area contributed by atoms with Crippen LogP contribution < -0.4 is 0 Å². The molecule has 0 saturated carbocycles. The first-order chi connectivity index (χ1) is 6.11. The van der Waals surface area contributed by atoms with Crippen LogP contribution in [0.4, 0.5) is 0 Å². The third-order valence-electron chi connectivity index (χ3n) is 1.90. The van der Waals surface area contributed by atoms with Crippen molar-refractivity contribution in [3.05, 3.63) is 35.4 Å². The van der Waals surface area contributed by atoms with E-state index >= 15 is 0 Å². The largest absolute Gasteiger partial charge is 0.304 e. The van der Waals surface area contributed by atoms with E-state index in [0.29, 0.717) is 5.71 Å². The molecule has 1 rings (SSSR count). The smallest absolute Gasteiger partial charge is 0.135 e. The first kappa shape index (κ1) is 9.65. The third kappa shape index (κ3) is 2.51. The SMILES string of the molecule is CC(=O)CC(=N)c1ccccc1C. The predicted octanol–water partition coefficient (Wildman–Crippen LogP) is 2.34. The van der Waals surface area contributed by atoms with E-state index in [1.54, 1.807) is 0 Å². The average molecular weight is 175 g/mol. The van der Waals surface area contributed by atoms with Crippen LogP contribution in [0.3, 0.4) is 0 Å². The van der Waals surface area contributed by atoms with Crippen LogP contribution in [-0.4, -0.2) is 11.5 Å². The lowest BCUT2D eigenvalue weighted by Crippen LogP contribution is -2.06. The van der Waals surface area contributed by atoms with Gasteiger partial charge in [-0.25, -0.2) is 0 Å². The van der Waals surface area contributed by atoms with Gasteiger partial charge in [0.25, 0.3) is 0 Å². The van der Waals surface area contributed by atoms with Crippen molar-refractivity contribution in [2.75, 3.05) is 0 Å². The highest BCUT2D eigenvalue weighted by molar-refractivity contribution is 6.09. The number of Topliss-reactive ketones (excluding diaryl/α,β-unsaturated/α-hetero) is 1. The van der Waals surface area contributed by atoms with Gasteiger partial charge in [0.15, 0.2) is 0 Å². The van der Waals surface area contributed by atoms with Gasteiger partial charge in [0, 0.05) is 12.1 Å². The summed E-state index contributed by atoms with van der Waals surface area (Å²) in [4.78, 5) is 10.8. The van der Waals surface area contributed by atoms with Crippen LogP contribution in [0.25, 0.3) is 0 Å². The molecule has 0 saturated heterocycles. The van der Waals surface area contributed by atoms with E-state index < -0.39 is 0 Å². The third-order valence-corrected chi connectivity index (χ3v) is 1.90. The molecule has 1 aromatic carbocycles. The lowest BCUT2D eigenvalue weighted by molar-refractivity contribution is -0.115. The molecule has 13 heavy (non-hydrogen) atoms. The lowest BCUT2D eigenvalue weighted by Gasteiger charge is -2.04. The van der Waals surface area contributed by atoms with Gasteiger partial charge in [-0.1, -0.05) is 24.3 Å². The molecule has 0 bridgehead atoms. The van der Waals surface area contributed by atoms with E-state index in [4.69, 9.17) is 5.41 Å². The quantitative estimate of drug-likeness (QED) is 0.704. The fourth-order valence-electron chi connectivity index (χ4n) is 1.26. The molecule has 0 aromatic heterocycles. The molecule has 0 aliphatic heterocycles. The Morgan fingerprint density at radius 3 is 2.54 bits per heavy atom. The Labute approximate surface area is 78.1 Å². The van der Waals surface area contributed by atoms with E-state index in [1.807, 2.05) is 31.2 Å². The zero-order valence-corrected chi connectivity index (χ0v) is 7.92. The summed E-state index contributed by atoms with van der Waals surface area (Å²) in [6.07, 6.45) is 0.227. The molecule has 0 spiro atoms. The molecule has 2 nitrogen and oxygen atoms in total. The van der Waals surface area contributed by atoms with Crippen molar-refractivity contribution in [1.29, 1.82) is 5.41 Å². The molecule has 1 aromatic rings. The first-order valence-corrected chi connectivity index (χ1v) is 4.24. The van der Waals surface area contributed by atoms with Crippen molar-refractivity contribution < 1.29 is 4.79 Å². The van der Waals surface area contributed by atoms with Crippen LogP contribution in [-0.2, 0) is 4.79 Å². The Hall–Kier alpha value is -1.44. The van der Waals surface area contributed by atoms with Crippen LogP contribution in [0.1, 0.15) is 24.5 Å². The highest BCUT2D eigenvalue weighted by Crippen LogP contribution is 2.09. The van der Waals surface area contributed by atoms with Gasteiger partial charge < -0.3 is 5.41 Å². The summed E-state index contributed by atoms with van der Waals surface area (Å²) in [5.74, 6) is 0.0354. The van der Waals surface area contributed by atoms with Gasteiger partial charge >= 0.3 is 0 Å². The minimum Gasteiger partial charge on any atom is -0.304 e. The van der Waals surface area contributed by atoms with Gasteiger partial charge in [0.05, 0.1) is 0 Å². The number of rotatable bonds is 3. The second-order valence-corrected chi connectivity index (χ2v) is 3.17. The Kier molecular flexibility index (Phi) is 2.96. The Bertz CT molecular complexity index is 342. The summed E-state index contributed by atoms with van der Waals surface area (Å²) >= 11 is 0. The zero-order chi connectivity index (χ0) is 9.84. The van der Waals surface area contributed by atoms with E-state index in [-0.39, 0.29) is 12.2 Å². The van der Waals surface area contributed by atoms with Crippen molar-refractivity contribution in [2.24, 2.45) is 0 Å². The van der Waals surface area contributed by atoms with Crippen molar-refractivity contribution in [1.82, 2.24) is 0 Å². The van der Waals surface area contributed by atoms with E-state index in [0.717, 1.165) is 11.1 Å². The molecule has 2 heteroatoms. The maximum Gasteiger partial charge on any atom is 0.135 e. The van der Waals surface area contributed by atoms with Gasteiger partial charge in [-0.3, -0.25) is 4.79 Å². The summed E-state index contributed by atoms with van der Waals surface area (Å²) in [6, 6.07) is 7.64. The number of hydrogen-bond acceptors (Lipinski definition) is 2. The molecule has 0 fully saturated rings. The normalized spacial score (nSPS) is 9.69.